The van der Waals surface area contributed by atoms with Gasteiger partial charge in [-0.3, -0.25) is 0 Å². The fourth-order valence-corrected chi connectivity index (χ4v) is 10.1. The van der Waals surface area contributed by atoms with Crippen molar-refractivity contribution in [1.82, 2.24) is 0 Å². The normalized spacial score (nSPS) is 11.3. The van der Waals surface area contributed by atoms with Crippen molar-refractivity contribution in [3.63, 3.8) is 0 Å². The van der Waals surface area contributed by atoms with Gasteiger partial charge in [-0.15, -0.1) is 0 Å². The molecule has 1 nitrogen and oxygen atoms in total. The van der Waals surface area contributed by atoms with Crippen molar-refractivity contribution in [2.45, 2.75) is 14.7 Å². The van der Waals surface area contributed by atoms with Crippen LogP contribution < -0.4 is 21.9 Å². The lowest BCUT2D eigenvalue weighted by Crippen LogP contribution is -2.74. The standard InChI is InChI=1S/C25H17OS2.C24H20B/c27-25-20-14-7-8-16-22(20)26-24-21(25)15-9-17-23(24)28(18-10-3-1-4-11-18)19-12-5-2-6-13-19;1-5-13-21(14-6-1)25(22-15-7-2-8-16-22,23-17-9-3-10-18-23)24-19-11-4-12-20-24/h1-17H;1-20H/q+1;-1. The third-order valence-corrected chi connectivity index (χ3v) is 12.6. The first-order valence-electron chi connectivity index (χ1n) is 17.9. The molecule has 9 rings (SSSR count). The summed E-state index contributed by atoms with van der Waals surface area (Å²) in [6.07, 6.45) is -1.22. The molecule has 0 spiro atoms. The predicted octanol–water partition coefficient (Wildman–Crippen LogP) is 10.5. The monoisotopic (exact) mass is 716 g/mol. The fourth-order valence-electron chi connectivity index (χ4n) is 7.58. The van der Waals surface area contributed by atoms with Gasteiger partial charge in [-0.25, -0.2) is 0 Å². The Balaban J connectivity index is 0.000000152. The second-order valence-corrected chi connectivity index (χ2v) is 15.4. The summed E-state index contributed by atoms with van der Waals surface area (Å²) in [4.78, 5) is 3.68. The molecule has 8 aromatic carbocycles. The molecule has 0 N–H and O–H groups in total. The highest BCUT2D eigenvalue weighted by atomic mass is 32.2. The van der Waals surface area contributed by atoms with E-state index in [1.165, 1.54) is 31.6 Å². The van der Waals surface area contributed by atoms with Crippen molar-refractivity contribution in [3.8, 4) is 0 Å². The molecule has 254 valence electrons. The summed E-state index contributed by atoms with van der Waals surface area (Å²) in [6.45, 7) is 0. The minimum absolute atomic E-state index is 0.280. The van der Waals surface area contributed by atoms with E-state index in [-0.39, 0.29) is 10.9 Å². The Labute approximate surface area is 319 Å². The lowest BCUT2D eigenvalue weighted by Gasteiger charge is -2.44. The van der Waals surface area contributed by atoms with Gasteiger partial charge in [0.25, 0.3) is 0 Å². The van der Waals surface area contributed by atoms with Crippen LogP contribution in [0.3, 0.4) is 0 Å². The van der Waals surface area contributed by atoms with Crippen LogP contribution in [0.4, 0.5) is 0 Å². The molecule has 0 aliphatic heterocycles. The third kappa shape index (κ3) is 6.76. The number of hydrogen-bond acceptors (Lipinski definition) is 2. The van der Waals surface area contributed by atoms with Crippen LogP contribution in [0.1, 0.15) is 0 Å². The van der Waals surface area contributed by atoms with Crippen LogP contribution in [-0.2, 0) is 10.9 Å². The largest absolute Gasteiger partial charge is 0.451 e. The Morgan fingerprint density at radius 3 is 1.15 bits per heavy atom. The zero-order valence-corrected chi connectivity index (χ0v) is 30.8. The molecule has 0 bridgehead atoms. The molecule has 0 saturated carbocycles. The van der Waals surface area contributed by atoms with E-state index in [4.69, 9.17) is 16.6 Å². The van der Waals surface area contributed by atoms with Crippen LogP contribution in [0.25, 0.3) is 21.9 Å². The van der Waals surface area contributed by atoms with Crippen LogP contribution in [0, 0.1) is 4.51 Å². The van der Waals surface area contributed by atoms with Gasteiger partial charge in [-0.2, -0.15) is 21.9 Å². The number of hydrogen-bond donors (Lipinski definition) is 0. The second-order valence-electron chi connectivity index (χ2n) is 13.0. The molecular formula is C49H37BOS2. The first-order valence-corrected chi connectivity index (χ1v) is 19.5. The van der Waals surface area contributed by atoms with E-state index < -0.39 is 6.15 Å². The summed E-state index contributed by atoms with van der Waals surface area (Å²) in [5, 5.41) is 1.98. The molecule has 53 heavy (non-hydrogen) atoms. The summed E-state index contributed by atoms with van der Waals surface area (Å²) in [5.74, 6) is 0. The van der Waals surface area contributed by atoms with Gasteiger partial charge in [0, 0.05) is 10.8 Å². The molecule has 0 aliphatic carbocycles. The van der Waals surface area contributed by atoms with Crippen molar-refractivity contribution < 1.29 is 4.42 Å². The van der Waals surface area contributed by atoms with E-state index in [1.54, 1.807) is 0 Å². The zero-order chi connectivity index (χ0) is 35.9. The topological polar surface area (TPSA) is 13.1 Å². The van der Waals surface area contributed by atoms with Crippen LogP contribution in [0.15, 0.2) is 244 Å². The minimum Gasteiger partial charge on any atom is -0.451 e. The van der Waals surface area contributed by atoms with Crippen molar-refractivity contribution in [3.05, 3.63) is 229 Å². The van der Waals surface area contributed by atoms with Gasteiger partial charge in [0.15, 0.2) is 15.4 Å². The zero-order valence-electron chi connectivity index (χ0n) is 29.2. The Bertz CT molecular complexity index is 2410. The highest BCUT2D eigenvalue weighted by Gasteiger charge is 2.33. The van der Waals surface area contributed by atoms with E-state index in [0.717, 1.165) is 31.3 Å². The van der Waals surface area contributed by atoms with Crippen molar-refractivity contribution in [2.24, 2.45) is 0 Å². The van der Waals surface area contributed by atoms with Gasteiger partial charge < -0.3 is 4.42 Å². The molecule has 4 heteroatoms. The number of para-hydroxylation sites is 2. The maximum atomic E-state index is 6.42. The first-order chi connectivity index (χ1) is 26.2. The predicted molar refractivity (Wildman–Crippen MR) is 230 cm³/mol. The Kier molecular flexibility index (Phi) is 10.2. The van der Waals surface area contributed by atoms with E-state index in [1.807, 2.05) is 24.3 Å². The SMILES string of the molecule is S=c1c2ccccc2oc2c([S+](c3ccccc3)c3ccccc3)cccc12.c1ccc([B-](c2ccccc2)(c2ccccc2)c2ccccc2)cc1. The fraction of sp³-hybridized carbons (Fsp3) is 0. The van der Waals surface area contributed by atoms with Gasteiger partial charge >= 0.3 is 0 Å². The number of fused-ring (bicyclic) bond motifs is 2. The first kappa shape index (κ1) is 34.2. The van der Waals surface area contributed by atoms with Gasteiger partial charge in [0.05, 0.1) is 4.51 Å². The number of benzene rings is 8. The van der Waals surface area contributed by atoms with Crippen molar-refractivity contribution in [2.75, 3.05) is 0 Å². The smallest absolute Gasteiger partial charge is 0.209 e. The summed E-state index contributed by atoms with van der Waals surface area (Å²) >= 11 is 5.82. The van der Waals surface area contributed by atoms with Gasteiger partial charge in [0.2, 0.25) is 4.90 Å². The Morgan fingerprint density at radius 2 is 0.717 bits per heavy atom. The maximum Gasteiger partial charge on any atom is 0.209 e. The van der Waals surface area contributed by atoms with Crippen LogP contribution in [0.5, 0.6) is 0 Å². The van der Waals surface area contributed by atoms with Crippen molar-refractivity contribution >= 4 is 73.0 Å². The summed E-state index contributed by atoms with van der Waals surface area (Å²) in [6, 6.07) is 79.1. The van der Waals surface area contributed by atoms with Crippen LogP contribution in [0.2, 0.25) is 0 Å². The van der Waals surface area contributed by atoms with E-state index in [2.05, 4.69) is 200 Å². The van der Waals surface area contributed by atoms with Crippen molar-refractivity contribution in [1.29, 1.82) is 0 Å². The molecular weight excluding hydrogens is 679 g/mol. The van der Waals surface area contributed by atoms with Crippen LogP contribution in [-0.4, -0.2) is 6.15 Å². The Morgan fingerprint density at radius 1 is 0.358 bits per heavy atom. The molecule has 1 aromatic heterocycles. The molecule has 1 heterocycles. The van der Waals surface area contributed by atoms with Crippen LogP contribution >= 0.6 is 12.2 Å². The molecule has 0 radical (unpaired) electrons. The minimum atomic E-state index is -1.22. The summed E-state index contributed by atoms with van der Waals surface area (Å²) < 4.78 is 7.27. The van der Waals surface area contributed by atoms with E-state index in [9.17, 15) is 0 Å². The average Bonchev–Trinajstić information content (AvgIpc) is 3.24. The molecule has 0 atom stereocenters. The van der Waals surface area contributed by atoms with Gasteiger partial charge in [-0.1, -0.05) is 188 Å². The maximum absolute atomic E-state index is 6.42. The molecule has 0 saturated heterocycles. The Hall–Kier alpha value is -5.94. The highest BCUT2D eigenvalue weighted by Crippen LogP contribution is 2.37. The second kappa shape index (κ2) is 15.8. The third-order valence-electron chi connectivity index (χ3n) is 9.94. The molecule has 0 aliphatic rings. The molecule has 0 amide bonds. The van der Waals surface area contributed by atoms with Gasteiger partial charge in [0.1, 0.15) is 22.6 Å². The molecule has 0 fully saturated rings. The lowest BCUT2D eigenvalue weighted by molar-refractivity contribution is 0.651. The number of rotatable bonds is 7. The average molecular weight is 717 g/mol. The highest BCUT2D eigenvalue weighted by molar-refractivity contribution is 7.97. The summed E-state index contributed by atoms with van der Waals surface area (Å²) in [5.41, 5.74) is 7.06. The van der Waals surface area contributed by atoms with Gasteiger partial charge in [-0.05, 0) is 48.5 Å². The van der Waals surface area contributed by atoms with E-state index >= 15 is 0 Å². The molecule has 9 aromatic rings. The quantitative estimate of drug-likeness (QED) is 0.0705. The molecule has 0 unspecified atom stereocenters. The van der Waals surface area contributed by atoms with E-state index in [0.29, 0.717) is 0 Å². The lowest BCUT2D eigenvalue weighted by atomic mass is 9.13. The summed E-state index contributed by atoms with van der Waals surface area (Å²) in [7, 11) is -0.280.